The van der Waals surface area contributed by atoms with Gasteiger partial charge in [0.25, 0.3) is 10.0 Å². The molecule has 7 heteroatoms. The van der Waals surface area contributed by atoms with E-state index in [2.05, 4.69) is 31.9 Å². The normalized spacial score (nSPS) is 12.0. The second-order valence-corrected chi connectivity index (χ2v) is 8.50. The molecule has 0 aliphatic carbocycles. The number of nitrogens with zero attached hydrogens (tertiary/aromatic N) is 1. The molecular weight excluding hydrogens is 453 g/mol. The standard InChI is InChI=1S/C15H10Br2ClNO2S/c16-11-5-6-14-12(7-11)10(8-18)9-19(14)22(20,21)15-4-2-1-3-13(15)17/h1-7,9H,8H2. The predicted octanol–water partition coefficient (Wildman–Crippen LogP) is 5.14. The summed E-state index contributed by atoms with van der Waals surface area (Å²) < 4.78 is 28.6. The largest absolute Gasteiger partial charge is 0.269 e. The zero-order valence-electron chi connectivity index (χ0n) is 11.1. The molecule has 3 aromatic rings. The average molecular weight is 464 g/mol. The first kappa shape index (κ1) is 16.1. The van der Waals surface area contributed by atoms with E-state index in [1.165, 1.54) is 3.97 Å². The number of alkyl halides is 1. The predicted molar refractivity (Wildman–Crippen MR) is 95.9 cm³/mol. The zero-order chi connectivity index (χ0) is 15.9. The Morgan fingerprint density at radius 1 is 1.09 bits per heavy atom. The summed E-state index contributed by atoms with van der Waals surface area (Å²) >= 11 is 12.7. The van der Waals surface area contributed by atoms with Crippen LogP contribution in [0.25, 0.3) is 10.9 Å². The van der Waals surface area contributed by atoms with Crippen molar-refractivity contribution in [2.75, 3.05) is 0 Å². The van der Waals surface area contributed by atoms with E-state index >= 15 is 0 Å². The van der Waals surface area contributed by atoms with Gasteiger partial charge in [0.05, 0.1) is 5.52 Å². The second kappa shape index (κ2) is 6.00. The van der Waals surface area contributed by atoms with Gasteiger partial charge in [-0.05, 0) is 51.8 Å². The minimum absolute atomic E-state index is 0.218. The highest BCUT2D eigenvalue weighted by molar-refractivity contribution is 9.10. The van der Waals surface area contributed by atoms with Gasteiger partial charge in [-0.25, -0.2) is 12.4 Å². The van der Waals surface area contributed by atoms with Gasteiger partial charge in [-0.15, -0.1) is 11.6 Å². The molecule has 22 heavy (non-hydrogen) atoms. The number of halogens is 3. The molecule has 0 N–H and O–H groups in total. The quantitative estimate of drug-likeness (QED) is 0.505. The molecular formula is C15H10Br2ClNO2S. The highest BCUT2D eigenvalue weighted by Gasteiger charge is 2.23. The van der Waals surface area contributed by atoms with Crippen LogP contribution < -0.4 is 0 Å². The van der Waals surface area contributed by atoms with Gasteiger partial charge in [-0.1, -0.05) is 28.1 Å². The maximum atomic E-state index is 13.0. The van der Waals surface area contributed by atoms with E-state index in [1.807, 2.05) is 12.1 Å². The summed E-state index contributed by atoms with van der Waals surface area (Å²) in [4.78, 5) is 0.218. The zero-order valence-corrected chi connectivity index (χ0v) is 15.9. The van der Waals surface area contributed by atoms with Gasteiger partial charge < -0.3 is 0 Å². The van der Waals surface area contributed by atoms with Gasteiger partial charge in [0.15, 0.2) is 0 Å². The van der Waals surface area contributed by atoms with Crippen molar-refractivity contribution in [3.8, 4) is 0 Å². The fraction of sp³-hybridized carbons (Fsp3) is 0.0667. The Labute approximate surface area is 150 Å². The minimum atomic E-state index is -3.70. The van der Waals surface area contributed by atoms with Crippen LogP contribution in [0.4, 0.5) is 0 Å². The maximum absolute atomic E-state index is 13.0. The van der Waals surface area contributed by atoms with Gasteiger partial charge in [-0.2, -0.15) is 0 Å². The lowest BCUT2D eigenvalue weighted by Gasteiger charge is -2.09. The van der Waals surface area contributed by atoms with Crippen molar-refractivity contribution in [3.05, 3.63) is 63.2 Å². The lowest BCUT2D eigenvalue weighted by Crippen LogP contribution is -2.12. The van der Waals surface area contributed by atoms with E-state index in [1.54, 1.807) is 36.5 Å². The molecule has 2 aromatic carbocycles. The Bertz CT molecular complexity index is 967. The topological polar surface area (TPSA) is 39.1 Å². The number of hydrogen-bond donors (Lipinski definition) is 0. The van der Waals surface area contributed by atoms with Crippen molar-refractivity contribution in [1.82, 2.24) is 3.97 Å². The molecule has 3 nitrogen and oxygen atoms in total. The van der Waals surface area contributed by atoms with Crippen LogP contribution in [-0.4, -0.2) is 12.4 Å². The summed E-state index contributed by atoms with van der Waals surface area (Å²) in [6.45, 7) is 0. The molecule has 0 radical (unpaired) electrons. The molecule has 0 unspecified atom stereocenters. The van der Waals surface area contributed by atoms with Crippen molar-refractivity contribution in [2.24, 2.45) is 0 Å². The van der Waals surface area contributed by atoms with E-state index in [-0.39, 0.29) is 10.8 Å². The molecule has 0 atom stereocenters. The smallest absolute Gasteiger partial charge is 0.241 e. The third kappa shape index (κ3) is 2.62. The molecule has 114 valence electrons. The van der Waals surface area contributed by atoms with Crippen LogP contribution in [0.5, 0.6) is 0 Å². The molecule has 0 bridgehead atoms. The van der Waals surface area contributed by atoms with Gasteiger partial charge in [0.2, 0.25) is 0 Å². The fourth-order valence-electron chi connectivity index (χ4n) is 2.30. The minimum Gasteiger partial charge on any atom is -0.241 e. The molecule has 1 aromatic heterocycles. The van der Waals surface area contributed by atoms with Crippen molar-refractivity contribution in [1.29, 1.82) is 0 Å². The SMILES string of the molecule is O=S(=O)(c1ccccc1Br)n1cc(CCl)c2cc(Br)ccc21. The first-order valence-corrected chi connectivity index (χ1v) is 9.87. The van der Waals surface area contributed by atoms with Crippen LogP contribution in [0.2, 0.25) is 0 Å². The number of hydrogen-bond acceptors (Lipinski definition) is 2. The molecule has 0 saturated carbocycles. The molecule has 0 amide bonds. The highest BCUT2D eigenvalue weighted by Crippen LogP contribution is 2.31. The Hall–Kier alpha value is -0.820. The van der Waals surface area contributed by atoms with Crippen LogP contribution in [0.1, 0.15) is 5.56 Å². The number of fused-ring (bicyclic) bond motifs is 1. The monoisotopic (exact) mass is 461 g/mol. The molecule has 0 aliphatic heterocycles. The van der Waals surface area contributed by atoms with E-state index in [4.69, 9.17) is 11.6 Å². The van der Waals surface area contributed by atoms with E-state index < -0.39 is 10.0 Å². The Morgan fingerprint density at radius 3 is 2.50 bits per heavy atom. The van der Waals surface area contributed by atoms with Crippen LogP contribution in [0.3, 0.4) is 0 Å². The van der Waals surface area contributed by atoms with Crippen molar-refractivity contribution >= 4 is 64.4 Å². The fourth-order valence-corrected chi connectivity index (χ4v) is 5.24. The van der Waals surface area contributed by atoms with Gasteiger partial charge in [0.1, 0.15) is 4.90 Å². The summed E-state index contributed by atoms with van der Waals surface area (Å²) in [5.74, 6) is 0.242. The Morgan fingerprint density at radius 2 is 1.82 bits per heavy atom. The summed E-state index contributed by atoms with van der Waals surface area (Å²) in [6, 6.07) is 12.2. The van der Waals surface area contributed by atoms with E-state index in [0.717, 1.165) is 15.4 Å². The Kier molecular flexibility index (Phi) is 4.38. The summed E-state index contributed by atoms with van der Waals surface area (Å²) in [6.07, 6.45) is 1.58. The lowest BCUT2D eigenvalue weighted by molar-refractivity contribution is 0.588. The molecule has 0 fully saturated rings. The van der Waals surface area contributed by atoms with Crippen molar-refractivity contribution in [3.63, 3.8) is 0 Å². The van der Waals surface area contributed by atoms with Crippen LogP contribution in [-0.2, 0) is 15.9 Å². The number of aromatic nitrogens is 1. The third-order valence-electron chi connectivity index (χ3n) is 3.33. The van der Waals surface area contributed by atoms with Gasteiger partial charge in [-0.3, -0.25) is 0 Å². The van der Waals surface area contributed by atoms with Crippen molar-refractivity contribution < 1.29 is 8.42 Å². The lowest BCUT2D eigenvalue weighted by atomic mass is 10.2. The number of rotatable bonds is 3. The molecule has 0 aliphatic rings. The average Bonchev–Trinajstić information content (AvgIpc) is 2.86. The first-order valence-electron chi connectivity index (χ1n) is 6.30. The molecule has 1 heterocycles. The summed E-state index contributed by atoms with van der Waals surface area (Å²) in [7, 11) is -3.70. The van der Waals surface area contributed by atoms with Crippen LogP contribution in [0, 0.1) is 0 Å². The molecule has 0 saturated heterocycles. The summed E-state index contributed by atoms with van der Waals surface area (Å²) in [5.41, 5.74) is 1.38. The van der Waals surface area contributed by atoms with Gasteiger partial charge >= 0.3 is 0 Å². The van der Waals surface area contributed by atoms with Gasteiger partial charge in [0, 0.05) is 26.4 Å². The maximum Gasteiger partial charge on any atom is 0.269 e. The third-order valence-corrected chi connectivity index (χ3v) is 6.80. The summed E-state index contributed by atoms with van der Waals surface area (Å²) in [5, 5.41) is 0.819. The first-order chi connectivity index (χ1) is 10.4. The Balaban J connectivity index is 2.33. The molecule has 0 spiro atoms. The van der Waals surface area contributed by atoms with Crippen LogP contribution >= 0.6 is 43.5 Å². The van der Waals surface area contributed by atoms with Crippen LogP contribution in [0.15, 0.2) is 62.5 Å². The van der Waals surface area contributed by atoms with Crippen molar-refractivity contribution in [2.45, 2.75) is 10.8 Å². The number of benzene rings is 2. The highest BCUT2D eigenvalue weighted by atomic mass is 79.9. The molecule has 3 rings (SSSR count). The van der Waals surface area contributed by atoms with E-state index in [0.29, 0.717) is 9.99 Å². The second-order valence-electron chi connectivity index (χ2n) is 4.68. The van der Waals surface area contributed by atoms with E-state index in [9.17, 15) is 8.42 Å².